The molecule has 2 aromatic carbocycles. The van der Waals surface area contributed by atoms with Crippen LogP contribution in [-0.4, -0.2) is 48.3 Å². The van der Waals surface area contributed by atoms with Crippen molar-refractivity contribution < 1.29 is 14.8 Å². The van der Waals surface area contributed by atoms with E-state index in [2.05, 4.69) is 4.90 Å². The van der Waals surface area contributed by atoms with Crippen molar-refractivity contribution in [3.63, 3.8) is 0 Å². The van der Waals surface area contributed by atoms with Crippen molar-refractivity contribution in [1.29, 1.82) is 0 Å². The summed E-state index contributed by atoms with van der Waals surface area (Å²) < 4.78 is 5.85. The molecule has 1 aliphatic heterocycles. The Labute approximate surface area is 131 Å². The number of piperidine rings is 1. The Kier molecular flexibility index (Phi) is 4.98. The fraction of sp³-hybridized carbons (Fsp3) is 0.412. The highest BCUT2D eigenvalue weighted by Gasteiger charge is 2.11. The molecule has 0 aromatic heterocycles. The van der Waals surface area contributed by atoms with Crippen LogP contribution in [0.15, 0.2) is 36.4 Å². The predicted octanol–water partition coefficient (Wildman–Crippen LogP) is 1.38. The summed E-state index contributed by atoms with van der Waals surface area (Å²) in [7, 11) is -1.43. The zero-order chi connectivity index (χ0) is 15.4. The number of benzene rings is 2. The molecule has 1 fully saturated rings. The molecule has 0 saturated carbocycles. The monoisotopic (exact) mass is 299 g/mol. The number of fused-ring (bicyclic) bond motifs is 1. The molecule has 2 N–H and O–H groups in total. The van der Waals surface area contributed by atoms with E-state index >= 15 is 0 Å². The molecule has 1 heterocycles. The molecule has 0 unspecified atom stereocenters. The molecule has 22 heavy (non-hydrogen) atoms. The maximum Gasteiger partial charge on any atom is 0.488 e. The maximum absolute atomic E-state index is 9.20. The van der Waals surface area contributed by atoms with Gasteiger partial charge in [0.15, 0.2) is 0 Å². The number of ether oxygens (including phenoxy) is 1. The second-order valence-corrected chi connectivity index (χ2v) is 5.89. The lowest BCUT2D eigenvalue weighted by atomic mass is 9.79. The minimum atomic E-state index is -1.43. The fourth-order valence-corrected chi connectivity index (χ4v) is 2.97. The van der Waals surface area contributed by atoms with E-state index in [1.54, 1.807) is 12.1 Å². The first-order valence-electron chi connectivity index (χ1n) is 7.97. The third-order valence-corrected chi connectivity index (χ3v) is 4.26. The Morgan fingerprint density at radius 1 is 0.955 bits per heavy atom. The van der Waals surface area contributed by atoms with Crippen LogP contribution in [0.2, 0.25) is 0 Å². The van der Waals surface area contributed by atoms with Crippen LogP contribution in [0.1, 0.15) is 19.3 Å². The van der Waals surface area contributed by atoms with Crippen LogP contribution in [0.4, 0.5) is 0 Å². The molecule has 2 aromatic rings. The summed E-state index contributed by atoms with van der Waals surface area (Å²) in [6.45, 7) is 4.06. The van der Waals surface area contributed by atoms with E-state index in [-0.39, 0.29) is 0 Å². The number of likely N-dealkylation sites (tertiary alicyclic amines) is 1. The highest BCUT2D eigenvalue weighted by atomic mass is 16.5. The topological polar surface area (TPSA) is 52.9 Å². The van der Waals surface area contributed by atoms with E-state index in [0.717, 1.165) is 23.1 Å². The Morgan fingerprint density at radius 2 is 1.68 bits per heavy atom. The van der Waals surface area contributed by atoms with Gasteiger partial charge >= 0.3 is 7.12 Å². The van der Waals surface area contributed by atoms with Gasteiger partial charge in [0.05, 0.1) is 0 Å². The van der Waals surface area contributed by atoms with Crippen molar-refractivity contribution in [1.82, 2.24) is 4.90 Å². The van der Waals surface area contributed by atoms with E-state index in [9.17, 15) is 10.0 Å². The van der Waals surface area contributed by atoms with Gasteiger partial charge in [-0.25, -0.2) is 0 Å². The fourth-order valence-electron chi connectivity index (χ4n) is 2.97. The van der Waals surface area contributed by atoms with E-state index < -0.39 is 7.12 Å². The molecule has 5 heteroatoms. The maximum atomic E-state index is 9.20. The summed E-state index contributed by atoms with van der Waals surface area (Å²) in [6, 6.07) is 11.3. The molecule has 4 nitrogen and oxygen atoms in total. The minimum absolute atomic E-state index is 0.506. The molecule has 0 amide bonds. The van der Waals surface area contributed by atoms with Crippen molar-refractivity contribution >= 4 is 23.4 Å². The molecular formula is C17H22BNO3. The quantitative estimate of drug-likeness (QED) is 0.819. The van der Waals surface area contributed by atoms with Crippen molar-refractivity contribution in [2.75, 3.05) is 26.2 Å². The third-order valence-electron chi connectivity index (χ3n) is 4.26. The van der Waals surface area contributed by atoms with Crippen molar-refractivity contribution in [2.45, 2.75) is 19.3 Å². The van der Waals surface area contributed by atoms with Gasteiger partial charge in [0, 0.05) is 6.54 Å². The lowest BCUT2D eigenvalue weighted by molar-refractivity contribution is 0.183. The summed E-state index contributed by atoms with van der Waals surface area (Å²) in [5, 5.41) is 20.4. The highest BCUT2D eigenvalue weighted by Crippen LogP contribution is 2.20. The van der Waals surface area contributed by atoms with Crippen LogP contribution in [-0.2, 0) is 0 Å². The minimum Gasteiger partial charge on any atom is -0.492 e. The van der Waals surface area contributed by atoms with Crippen molar-refractivity contribution in [3.05, 3.63) is 36.4 Å². The van der Waals surface area contributed by atoms with Crippen LogP contribution >= 0.6 is 0 Å². The normalized spacial score (nSPS) is 15.9. The standard InChI is InChI=1S/C17H22BNO3/c20-18(21)16-6-4-15-13-17(7-5-14(15)12-16)22-11-10-19-8-2-1-3-9-19/h4-7,12-13,20-21H,1-3,8-11H2. The first-order valence-corrected chi connectivity index (χ1v) is 7.97. The molecule has 116 valence electrons. The predicted molar refractivity (Wildman–Crippen MR) is 89.6 cm³/mol. The molecule has 0 aliphatic carbocycles. The second-order valence-electron chi connectivity index (χ2n) is 5.89. The third kappa shape index (κ3) is 3.80. The first kappa shape index (κ1) is 15.3. The van der Waals surface area contributed by atoms with Crippen LogP contribution in [0.3, 0.4) is 0 Å². The van der Waals surface area contributed by atoms with E-state index in [1.807, 2.05) is 24.3 Å². The van der Waals surface area contributed by atoms with Crippen molar-refractivity contribution in [2.24, 2.45) is 0 Å². The molecule has 3 rings (SSSR count). The number of nitrogens with zero attached hydrogens (tertiary/aromatic N) is 1. The smallest absolute Gasteiger partial charge is 0.488 e. The number of rotatable bonds is 5. The van der Waals surface area contributed by atoms with Gasteiger partial charge < -0.3 is 14.8 Å². The first-order chi connectivity index (χ1) is 10.7. The van der Waals surface area contributed by atoms with Crippen LogP contribution in [0.5, 0.6) is 5.75 Å². The highest BCUT2D eigenvalue weighted by molar-refractivity contribution is 6.58. The van der Waals surface area contributed by atoms with Crippen LogP contribution in [0, 0.1) is 0 Å². The summed E-state index contributed by atoms with van der Waals surface area (Å²) in [4.78, 5) is 2.46. The Bertz CT molecular complexity index is 626. The van der Waals surface area contributed by atoms with Crippen LogP contribution < -0.4 is 10.2 Å². The molecule has 0 radical (unpaired) electrons. The van der Waals surface area contributed by atoms with Gasteiger partial charge in [0.25, 0.3) is 0 Å². The van der Waals surface area contributed by atoms with Gasteiger partial charge in [0.2, 0.25) is 0 Å². The zero-order valence-corrected chi connectivity index (χ0v) is 12.7. The largest absolute Gasteiger partial charge is 0.492 e. The second kappa shape index (κ2) is 7.14. The van der Waals surface area contributed by atoms with E-state index in [0.29, 0.717) is 12.1 Å². The van der Waals surface area contributed by atoms with Crippen LogP contribution in [0.25, 0.3) is 10.8 Å². The average molecular weight is 299 g/mol. The molecular weight excluding hydrogens is 277 g/mol. The molecule has 0 atom stereocenters. The molecule has 0 bridgehead atoms. The number of hydrogen-bond donors (Lipinski definition) is 2. The average Bonchev–Trinajstić information content (AvgIpc) is 2.55. The van der Waals surface area contributed by atoms with Gasteiger partial charge in [-0.05, 0) is 54.3 Å². The molecule has 0 spiro atoms. The Hall–Kier alpha value is -1.56. The van der Waals surface area contributed by atoms with Gasteiger partial charge in [-0.3, -0.25) is 4.90 Å². The zero-order valence-electron chi connectivity index (χ0n) is 12.7. The molecule has 1 saturated heterocycles. The summed E-state index contributed by atoms with van der Waals surface area (Å²) in [5.74, 6) is 0.863. The van der Waals surface area contributed by atoms with E-state index in [4.69, 9.17) is 4.74 Å². The van der Waals surface area contributed by atoms with Crippen molar-refractivity contribution in [3.8, 4) is 5.75 Å². The Balaban J connectivity index is 1.60. The number of hydrogen-bond acceptors (Lipinski definition) is 4. The summed E-state index contributed by atoms with van der Waals surface area (Å²) >= 11 is 0. The van der Waals surface area contributed by atoms with Gasteiger partial charge in [0.1, 0.15) is 12.4 Å². The summed E-state index contributed by atoms with van der Waals surface area (Å²) in [6.07, 6.45) is 3.95. The lowest BCUT2D eigenvalue weighted by Gasteiger charge is -2.26. The lowest BCUT2D eigenvalue weighted by Crippen LogP contribution is -2.33. The van der Waals surface area contributed by atoms with Gasteiger partial charge in [-0.1, -0.05) is 30.7 Å². The van der Waals surface area contributed by atoms with E-state index in [1.165, 1.54) is 32.4 Å². The Morgan fingerprint density at radius 3 is 2.45 bits per heavy atom. The van der Waals surface area contributed by atoms with Gasteiger partial charge in [-0.15, -0.1) is 0 Å². The summed E-state index contributed by atoms with van der Waals surface area (Å²) in [5.41, 5.74) is 0.506. The van der Waals surface area contributed by atoms with Gasteiger partial charge in [-0.2, -0.15) is 0 Å². The SMILES string of the molecule is OB(O)c1ccc2cc(OCCN3CCCCC3)ccc2c1. The molecule has 1 aliphatic rings.